The summed E-state index contributed by atoms with van der Waals surface area (Å²) in [5.41, 5.74) is 3.75. The lowest BCUT2D eigenvalue weighted by atomic mass is 10.1. The molecule has 0 saturated carbocycles. The fourth-order valence-corrected chi connectivity index (χ4v) is 1.99. The topological polar surface area (TPSA) is 45.5 Å². The molecule has 1 N–H and O–H groups in total. The number of pyridine rings is 1. The summed E-state index contributed by atoms with van der Waals surface area (Å²) in [7, 11) is 0. The van der Waals surface area contributed by atoms with Gasteiger partial charge in [0.05, 0.1) is 11.7 Å². The molecule has 0 unspecified atom stereocenters. The van der Waals surface area contributed by atoms with Gasteiger partial charge in [-0.2, -0.15) is 0 Å². The van der Waals surface area contributed by atoms with Gasteiger partial charge < -0.3 is 5.21 Å². The van der Waals surface area contributed by atoms with Crippen molar-refractivity contribution < 1.29 is 5.21 Å². The van der Waals surface area contributed by atoms with E-state index < -0.39 is 0 Å². The van der Waals surface area contributed by atoms with Gasteiger partial charge in [0, 0.05) is 10.9 Å². The molecule has 4 heteroatoms. The van der Waals surface area contributed by atoms with E-state index in [0.29, 0.717) is 10.7 Å². The first-order chi connectivity index (χ1) is 7.61. The summed E-state index contributed by atoms with van der Waals surface area (Å²) in [4.78, 5) is 4.30. The second kappa shape index (κ2) is 4.10. The van der Waals surface area contributed by atoms with E-state index in [1.54, 1.807) is 0 Å². The van der Waals surface area contributed by atoms with E-state index in [-0.39, 0.29) is 0 Å². The van der Waals surface area contributed by atoms with Crippen LogP contribution in [0.25, 0.3) is 10.9 Å². The number of benzene rings is 1. The van der Waals surface area contributed by atoms with Crippen molar-refractivity contribution in [3.05, 3.63) is 40.0 Å². The number of oxime groups is 1. The SMILES string of the molecule is Cc1cc(C)c2nc(Cl)c(C=NO)cc2c1. The molecule has 1 heterocycles. The van der Waals surface area contributed by atoms with Crippen LogP contribution in [0.1, 0.15) is 16.7 Å². The van der Waals surface area contributed by atoms with Gasteiger partial charge in [-0.1, -0.05) is 28.4 Å². The number of hydrogen-bond acceptors (Lipinski definition) is 3. The maximum atomic E-state index is 8.51. The second-order valence-electron chi connectivity index (χ2n) is 3.77. The van der Waals surface area contributed by atoms with Gasteiger partial charge >= 0.3 is 0 Å². The predicted octanol–water partition coefficient (Wildman–Crippen LogP) is 3.31. The van der Waals surface area contributed by atoms with Crippen LogP contribution in [-0.4, -0.2) is 16.4 Å². The summed E-state index contributed by atoms with van der Waals surface area (Å²) < 4.78 is 0. The summed E-state index contributed by atoms with van der Waals surface area (Å²) in [5, 5.41) is 12.8. The minimum Gasteiger partial charge on any atom is -0.411 e. The molecule has 0 bridgehead atoms. The number of fused-ring (bicyclic) bond motifs is 1. The molecule has 1 aromatic carbocycles. The van der Waals surface area contributed by atoms with Crippen LogP contribution in [0, 0.1) is 13.8 Å². The maximum absolute atomic E-state index is 8.51. The molecule has 0 aliphatic carbocycles. The summed E-state index contributed by atoms with van der Waals surface area (Å²) in [5.74, 6) is 0. The molecular weight excluding hydrogens is 224 g/mol. The smallest absolute Gasteiger partial charge is 0.138 e. The highest BCUT2D eigenvalue weighted by molar-refractivity contribution is 6.32. The van der Waals surface area contributed by atoms with Crippen molar-refractivity contribution in [2.24, 2.45) is 5.16 Å². The fraction of sp³-hybridized carbons (Fsp3) is 0.167. The van der Waals surface area contributed by atoms with E-state index in [4.69, 9.17) is 16.8 Å². The van der Waals surface area contributed by atoms with Crippen molar-refractivity contribution in [3.63, 3.8) is 0 Å². The van der Waals surface area contributed by atoms with Crippen molar-refractivity contribution >= 4 is 28.7 Å². The quantitative estimate of drug-likeness (QED) is 0.356. The third-order valence-electron chi connectivity index (χ3n) is 2.43. The Morgan fingerprint density at radius 3 is 2.75 bits per heavy atom. The Morgan fingerprint density at radius 1 is 1.31 bits per heavy atom. The largest absolute Gasteiger partial charge is 0.411 e. The van der Waals surface area contributed by atoms with Gasteiger partial charge in [0.1, 0.15) is 5.15 Å². The third-order valence-corrected chi connectivity index (χ3v) is 2.73. The van der Waals surface area contributed by atoms with E-state index >= 15 is 0 Å². The van der Waals surface area contributed by atoms with E-state index in [2.05, 4.69) is 16.2 Å². The van der Waals surface area contributed by atoms with Crippen LogP contribution in [0.2, 0.25) is 5.15 Å². The van der Waals surface area contributed by atoms with Crippen LogP contribution in [0.15, 0.2) is 23.4 Å². The highest BCUT2D eigenvalue weighted by Crippen LogP contribution is 2.23. The Morgan fingerprint density at radius 2 is 2.06 bits per heavy atom. The minimum absolute atomic E-state index is 0.345. The van der Waals surface area contributed by atoms with Crippen molar-refractivity contribution in [3.8, 4) is 0 Å². The van der Waals surface area contributed by atoms with Gasteiger partial charge in [-0.15, -0.1) is 0 Å². The molecular formula is C12H11ClN2O. The first kappa shape index (κ1) is 10.9. The van der Waals surface area contributed by atoms with Crippen LogP contribution in [0.5, 0.6) is 0 Å². The average molecular weight is 235 g/mol. The molecule has 82 valence electrons. The van der Waals surface area contributed by atoms with Crippen LogP contribution in [-0.2, 0) is 0 Å². The standard InChI is InChI=1S/C12H11ClN2O/c1-7-3-8(2)11-9(4-7)5-10(6-14-16)12(13)15-11/h3-6,16H,1-2H3. The Kier molecular flexibility index (Phi) is 2.79. The zero-order valence-electron chi connectivity index (χ0n) is 9.03. The van der Waals surface area contributed by atoms with E-state index in [1.165, 1.54) is 11.8 Å². The van der Waals surface area contributed by atoms with Gasteiger partial charge in [0.25, 0.3) is 0 Å². The zero-order valence-corrected chi connectivity index (χ0v) is 9.78. The Labute approximate surface area is 98.4 Å². The molecule has 16 heavy (non-hydrogen) atoms. The van der Waals surface area contributed by atoms with E-state index in [9.17, 15) is 0 Å². The van der Waals surface area contributed by atoms with Crippen LogP contribution >= 0.6 is 11.6 Å². The van der Waals surface area contributed by atoms with Crippen LogP contribution in [0.3, 0.4) is 0 Å². The molecule has 0 aliphatic heterocycles. The molecule has 0 amide bonds. The number of halogens is 1. The molecule has 0 radical (unpaired) electrons. The summed E-state index contributed by atoms with van der Waals surface area (Å²) in [6, 6.07) is 5.95. The lowest BCUT2D eigenvalue weighted by Crippen LogP contribution is -1.92. The zero-order chi connectivity index (χ0) is 11.7. The van der Waals surface area contributed by atoms with Crippen molar-refractivity contribution in [1.29, 1.82) is 0 Å². The van der Waals surface area contributed by atoms with Crippen molar-refractivity contribution in [1.82, 2.24) is 4.98 Å². The molecule has 0 aliphatic rings. The highest BCUT2D eigenvalue weighted by Gasteiger charge is 2.06. The van der Waals surface area contributed by atoms with Crippen molar-refractivity contribution in [2.75, 3.05) is 0 Å². The molecule has 2 rings (SSSR count). The summed E-state index contributed by atoms with van der Waals surface area (Å²) >= 11 is 5.98. The van der Waals surface area contributed by atoms with Gasteiger partial charge in [-0.05, 0) is 31.5 Å². The average Bonchev–Trinajstić information content (AvgIpc) is 2.21. The molecule has 0 atom stereocenters. The number of nitrogens with zero attached hydrogens (tertiary/aromatic N) is 2. The van der Waals surface area contributed by atoms with Gasteiger partial charge in [-0.3, -0.25) is 0 Å². The third kappa shape index (κ3) is 1.86. The first-order valence-electron chi connectivity index (χ1n) is 4.87. The van der Waals surface area contributed by atoms with E-state index in [0.717, 1.165) is 16.5 Å². The van der Waals surface area contributed by atoms with Crippen molar-refractivity contribution in [2.45, 2.75) is 13.8 Å². The number of rotatable bonds is 1. The first-order valence-corrected chi connectivity index (χ1v) is 5.24. The van der Waals surface area contributed by atoms with Gasteiger partial charge in [-0.25, -0.2) is 4.98 Å². The van der Waals surface area contributed by atoms with Crippen LogP contribution in [0.4, 0.5) is 0 Å². The Bertz CT molecular complexity index is 579. The molecule has 0 fully saturated rings. The number of hydrogen-bond donors (Lipinski definition) is 1. The normalized spacial score (nSPS) is 11.4. The summed E-state index contributed by atoms with van der Waals surface area (Å²) in [6.45, 7) is 4.03. The van der Waals surface area contributed by atoms with E-state index in [1.807, 2.05) is 26.0 Å². The predicted molar refractivity (Wildman–Crippen MR) is 65.6 cm³/mol. The Balaban J connectivity index is 2.79. The molecule has 0 saturated heterocycles. The highest BCUT2D eigenvalue weighted by atomic mass is 35.5. The molecule has 0 spiro atoms. The van der Waals surface area contributed by atoms with Gasteiger partial charge in [0.2, 0.25) is 0 Å². The fourth-order valence-electron chi connectivity index (χ4n) is 1.80. The lowest BCUT2D eigenvalue weighted by Gasteiger charge is -2.05. The second-order valence-corrected chi connectivity index (χ2v) is 4.12. The maximum Gasteiger partial charge on any atom is 0.138 e. The number of aryl methyl sites for hydroxylation is 2. The van der Waals surface area contributed by atoms with Crippen LogP contribution < -0.4 is 0 Å². The monoisotopic (exact) mass is 234 g/mol. The number of aromatic nitrogens is 1. The lowest BCUT2D eigenvalue weighted by molar-refractivity contribution is 0.322. The van der Waals surface area contributed by atoms with Gasteiger partial charge in [0.15, 0.2) is 0 Å². The minimum atomic E-state index is 0.345. The summed E-state index contributed by atoms with van der Waals surface area (Å²) in [6.07, 6.45) is 1.28. The molecule has 1 aromatic heterocycles. The Hall–Kier alpha value is -1.61. The molecule has 2 aromatic rings. The molecule has 3 nitrogen and oxygen atoms in total.